The third-order valence-electron chi connectivity index (χ3n) is 2.99. The van der Waals surface area contributed by atoms with Crippen molar-refractivity contribution >= 4 is 5.84 Å². The summed E-state index contributed by atoms with van der Waals surface area (Å²) in [7, 11) is 0. The molecule has 92 valence electrons. The molecule has 0 bridgehead atoms. The summed E-state index contributed by atoms with van der Waals surface area (Å²) in [6, 6.07) is 4.86. The number of nitrogens with one attached hydrogen (secondary N) is 1. The van der Waals surface area contributed by atoms with Crippen molar-refractivity contribution in [1.82, 2.24) is 0 Å². The largest absolute Gasteiger partial charge is 0.384 e. The van der Waals surface area contributed by atoms with Crippen molar-refractivity contribution in [1.29, 1.82) is 5.41 Å². The number of ether oxygens (including phenoxy) is 1. The number of hydrogen-bond donors (Lipinski definition) is 2. The zero-order valence-corrected chi connectivity index (χ0v) is 9.71. The van der Waals surface area contributed by atoms with Gasteiger partial charge >= 0.3 is 0 Å². The van der Waals surface area contributed by atoms with Gasteiger partial charge < -0.3 is 10.5 Å². The topological polar surface area (TPSA) is 59.1 Å². The fraction of sp³-hybridized carbons (Fsp3) is 0.462. The molecule has 0 radical (unpaired) electrons. The van der Waals surface area contributed by atoms with Crippen LogP contribution in [-0.2, 0) is 11.3 Å². The van der Waals surface area contributed by atoms with Crippen LogP contribution >= 0.6 is 0 Å². The second-order valence-corrected chi connectivity index (χ2v) is 4.48. The summed E-state index contributed by atoms with van der Waals surface area (Å²) in [6.45, 7) is 0.925. The van der Waals surface area contributed by atoms with E-state index in [1.165, 1.54) is 18.9 Å². The van der Waals surface area contributed by atoms with Gasteiger partial charge in [0, 0.05) is 12.2 Å². The Morgan fingerprint density at radius 3 is 2.88 bits per heavy atom. The molecular formula is C13H17FN2O. The molecule has 1 saturated carbocycles. The second-order valence-electron chi connectivity index (χ2n) is 4.48. The van der Waals surface area contributed by atoms with Crippen LogP contribution in [0.15, 0.2) is 18.2 Å². The van der Waals surface area contributed by atoms with Crippen LogP contribution < -0.4 is 5.73 Å². The lowest BCUT2D eigenvalue weighted by molar-refractivity contribution is 0.113. The molecular weight excluding hydrogens is 219 g/mol. The van der Waals surface area contributed by atoms with E-state index in [0.717, 1.165) is 12.3 Å². The highest BCUT2D eigenvalue weighted by Crippen LogP contribution is 2.32. The minimum Gasteiger partial charge on any atom is -0.384 e. The van der Waals surface area contributed by atoms with Crippen molar-refractivity contribution in [3.8, 4) is 0 Å². The Balaban J connectivity index is 1.90. The fourth-order valence-electron chi connectivity index (χ4n) is 1.74. The number of rotatable bonds is 6. The predicted octanol–water partition coefficient (Wildman–Crippen LogP) is 2.43. The molecule has 0 aromatic heterocycles. The number of halogens is 1. The monoisotopic (exact) mass is 236 g/mol. The predicted molar refractivity (Wildman–Crippen MR) is 64.4 cm³/mol. The van der Waals surface area contributed by atoms with Crippen LogP contribution in [0.2, 0.25) is 0 Å². The lowest BCUT2D eigenvalue weighted by Crippen LogP contribution is -2.14. The molecule has 17 heavy (non-hydrogen) atoms. The maximum absolute atomic E-state index is 13.8. The van der Waals surface area contributed by atoms with Crippen LogP contribution in [-0.4, -0.2) is 12.4 Å². The Labute approximate surface area is 100 Å². The minimum absolute atomic E-state index is 0.147. The summed E-state index contributed by atoms with van der Waals surface area (Å²) in [5, 5.41) is 7.25. The van der Waals surface area contributed by atoms with Crippen molar-refractivity contribution in [2.24, 2.45) is 11.7 Å². The van der Waals surface area contributed by atoms with E-state index in [9.17, 15) is 4.39 Å². The molecule has 0 spiro atoms. The van der Waals surface area contributed by atoms with E-state index >= 15 is 0 Å². The van der Waals surface area contributed by atoms with E-state index in [1.807, 2.05) is 0 Å². The zero-order valence-electron chi connectivity index (χ0n) is 9.71. The summed E-state index contributed by atoms with van der Waals surface area (Å²) < 4.78 is 19.3. The third kappa shape index (κ3) is 3.27. The van der Waals surface area contributed by atoms with Gasteiger partial charge in [0.15, 0.2) is 0 Å². The van der Waals surface area contributed by atoms with Crippen molar-refractivity contribution in [2.75, 3.05) is 6.61 Å². The lowest BCUT2D eigenvalue weighted by atomic mass is 10.1. The summed E-state index contributed by atoms with van der Waals surface area (Å²) >= 11 is 0. The van der Waals surface area contributed by atoms with Crippen molar-refractivity contribution in [3.63, 3.8) is 0 Å². The molecule has 3 N–H and O–H groups in total. The highest BCUT2D eigenvalue weighted by atomic mass is 19.1. The highest BCUT2D eigenvalue weighted by molar-refractivity contribution is 5.95. The van der Waals surface area contributed by atoms with E-state index in [0.29, 0.717) is 12.2 Å². The van der Waals surface area contributed by atoms with E-state index < -0.39 is 5.82 Å². The quantitative estimate of drug-likeness (QED) is 0.452. The van der Waals surface area contributed by atoms with E-state index in [4.69, 9.17) is 15.9 Å². The molecule has 1 aliphatic carbocycles. The Kier molecular flexibility index (Phi) is 3.74. The van der Waals surface area contributed by atoms with Gasteiger partial charge in [-0.05, 0) is 18.4 Å². The van der Waals surface area contributed by atoms with Gasteiger partial charge in [-0.25, -0.2) is 4.39 Å². The molecule has 2 rings (SSSR count). The molecule has 0 unspecified atom stereocenters. The maximum Gasteiger partial charge on any atom is 0.139 e. The molecule has 0 heterocycles. The minimum atomic E-state index is -0.438. The molecule has 0 aliphatic heterocycles. The number of nitrogens with two attached hydrogens (primary N) is 1. The SMILES string of the molecule is N=C(N)c1cccc(COCCC2CC2)c1F. The van der Waals surface area contributed by atoms with Gasteiger partial charge in [0.05, 0.1) is 12.2 Å². The summed E-state index contributed by atoms with van der Waals surface area (Å²) in [5.41, 5.74) is 5.90. The Morgan fingerprint density at radius 2 is 2.24 bits per heavy atom. The molecule has 1 fully saturated rings. The van der Waals surface area contributed by atoms with Crippen LogP contribution in [0, 0.1) is 17.1 Å². The van der Waals surface area contributed by atoms with Gasteiger partial charge in [-0.3, -0.25) is 5.41 Å². The molecule has 3 nitrogen and oxygen atoms in total. The Hall–Kier alpha value is -1.42. The molecule has 1 aromatic carbocycles. The van der Waals surface area contributed by atoms with Gasteiger partial charge in [-0.1, -0.05) is 25.0 Å². The third-order valence-corrected chi connectivity index (χ3v) is 2.99. The second kappa shape index (κ2) is 5.27. The van der Waals surface area contributed by atoms with E-state index in [2.05, 4.69) is 0 Å². The van der Waals surface area contributed by atoms with Gasteiger partial charge in [-0.15, -0.1) is 0 Å². The molecule has 1 aliphatic rings. The van der Waals surface area contributed by atoms with Crippen LogP contribution in [0.4, 0.5) is 4.39 Å². The van der Waals surface area contributed by atoms with E-state index in [-0.39, 0.29) is 18.0 Å². The molecule has 0 amide bonds. The highest BCUT2D eigenvalue weighted by Gasteiger charge is 2.20. The lowest BCUT2D eigenvalue weighted by Gasteiger charge is -2.08. The van der Waals surface area contributed by atoms with Gasteiger partial charge in [0.2, 0.25) is 0 Å². The summed E-state index contributed by atoms with van der Waals surface area (Å²) in [5.74, 6) is 0.136. The Bertz CT molecular complexity index is 416. The van der Waals surface area contributed by atoms with Gasteiger partial charge in [-0.2, -0.15) is 0 Å². The first-order chi connectivity index (χ1) is 8.18. The summed E-state index contributed by atoms with van der Waals surface area (Å²) in [4.78, 5) is 0. The zero-order chi connectivity index (χ0) is 12.3. The number of nitrogen functional groups attached to an aromatic ring is 1. The maximum atomic E-state index is 13.8. The number of amidine groups is 1. The van der Waals surface area contributed by atoms with Crippen molar-refractivity contribution in [2.45, 2.75) is 25.9 Å². The smallest absolute Gasteiger partial charge is 0.139 e. The molecule has 0 saturated heterocycles. The van der Waals surface area contributed by atoms with Crippen molar-refractivity contribution in [3.05, 3.63) is 35.1 Å². The van der Waals surface area contributed by atoms with Crippen molar-refractivity contribution < 1.29 is 9.13 Å². The van der Waals surface area contributed by atoms with E-state index in [1.54, 1.807) is 12.1 Å². The molecule has 0 atom stereocenters. The normalized spacial score (nSPS) is 14.9. The van der Waals surface area contributed by atoms with Crippen LogP contribution in [0.3, 0.4) is 0 Å². The first-order valence-electron chi connectivity index (χ1n) is 5.88. The van der Waals surface area contributed by atoms with Gasteiger partial charge in [0.1, 0.15) is 11.7 Å². The fourth-order valence-corrected chi connectivity index (χ4v) is 1.74. The number of hydrogen-bond acceptors (Lipinski definition) is 2. The molecule has 4 heteroatoms. The first-order valence-corrected chi connectivity index (χ1v) is 5.88. The Morgan fingerprint density at radius 1 is 1.47 bits per heavy atom. The first kappa shape index (κ1) is 12.0. The summed E-state index contributed by atoms with van der Waals surface area (Å²) in [6.07, 6.45) is 3.67. The average Bonchev–Trinajstić information content (AvgIpc) is 3.10. The standard InChI is InChI=1S/C13H17FN2O/c14-12-10(2-1-3-11(12)13(15)16)8-17-7-6-9-4-5-9/h1-3,9H,4-8H2,(H3,15,16). The van der Waals surface area contributed by atoms with Gasteiger partial charge in [0.25, 0.3) is 0 Å². The average molecular weight is 236 g/mol. The van der Waals surface area contributed by atoms with Crippen LogP contribution in [0.5, 0.6) is 0 Å². The van der Waals surface area contributed by atoms with Crippen LogP contribution in [0.1, 0.15) is 30.4 Å². The van der Waals surface area contributed by atoms with Crippen LogP contribution in [0.25, 0.3) is 0 Å². The number of benzene rings is 1. The molecule has 1 aromatic rings.